The molecule has 4 aliphatic carbocycles. The van der Waals surface area contributed by atoms with E-state index in [0.717, 1.165) is 24.2 Å². The number of methoxy groups -OCH3 is 2. The van der Waals surface area contributed by atoms with Crippen molar-refractivity contribution in [1.29, 1.82) is 5.26 Å². The molecule has 0 N–H and O–H groups in total. The van der Waals surface area contributed by atoms with Gasteiger partial charge in [0.2, 0.25) is 0 Å². The highest BCUT2D eigenvalue weighted by atomic mass is 16.8. The predicted molar refractivity (Wildman–Crippen MR) is 131 cm³/mol. The first-order chi connectivity index (χ1) is 15.9. The zero-order valence-corrected chi connectivity index (χ0v) is 22.1. The molecule has 0 aromatic carbocycles. The Morgan fingerprint density at radius 3 is 2.33 bits per heavy atom. The summed E-state index contributed by atoms with van der Waals surface area (Å²) in [6, 6.07) is 2.40. The zero-order valence-electron chi connectivity index (χ0n) is 22.1. The van der Waals surface area contributed by atoms with Gasteiger partial charge in [-0.1, -0.05) is 47.0 Å². The molecule has 0 bridgehead atoms. The van der Waals surface area contributed by atoms with Crippen molar-refractivity contribution in [3.63, 3.8) is 0 Å². The van der Waals surface area contributed by atoms with Crippen LogP contribution >= 0.6 is 0 Å². The molecule has 0 saturated heterocycles. The fourth-order valence-electron chi connectivity index (χ4n) is 10.00. The van der Waals surface area contributed by atoms with Gasteiger partial charge in [-0.2, -0.15) is 5.26 Å². The fourth-order valence-corrected chi connectivity index (χ4v) is 10.00. The SMILES string of the molecule is CC[C@H]1[C@@H](OC(OC)OC)[C@@H]2[C@H](CC[C@]3(C)[C@@H]([C@H](C)CCC#N)CC[C@@H]23)[C@@]2(C)CCCC[C@@H]12. The number of rotatable bonds is 8. The molecule has 188 valence electrons. The minimum atomic E-state index is -0.572. The standard InChI is InChI=1S/C29H49NO3/c1-7-20-22-12-8-9-16-28(22,3)24-15-17-29(4)21(19(2)11-10-18-30)13-14-23(29)25(24)26(20)33-27(31-5)32-6/h19-27H,7-17H2,1-6H3/t19-,20-,21-,22+,23+,24+,25+,26-,28+,29-/m1/s1. The number of hydrogen-bond donors (Lipinski definition) is 0. The highest BCUT2D eigenvalue weighted by Gasteiger charge is 2.65. The third-order valence-corrected chi connectivity index (χ3v) is 11.4. The first-order valence-electron chi connectivity index (χ1n) is 13.9. The van der Waals surface area contributed by atoms with Gasteiger partial charge in [-0.3, -0.25) is 0 Å². The van der Waals surface area contributed by atoms with E-state index in [1.165, 1.54) is 57.8 Å². The van der Waals surface area contributed by atoms with Crippen molar-refractivity contribution in [3.05, 3.63) is 0 Å². The Balaban J connectivity index is 1.71. The summed E-state index contributed by atoms with van der Waals surface area (Å²) in [7, 11) is 3.40. The lowest BCUT2D eigenvalue weighted by Gasteiger charge is -2.65. The summed E-state index contributed by atoms with van der Waals surface area (Å²) in [5.74, 6) is 4.75. The molecule has 0 spiro atoms. The first kappa shape index (κ1) is 25.5. The molecule has 0 aliphatic heterocycles. The van der Waals surface area contributed by atoms with Crippen molar-refractivity contribution in [2.75, 3.05) is 14.2 Å². The topological polar surface area (TPSA) is 51.5 Å². The van der Waals surface area contributed by atoms with Crippen LogP contribution < -0.4 is 0 Å². The predicted octanol–water partition coefficient (Wildman–Crippen LogP) is 7.18. The molecule has 0 heterocycles. The van der Waals surface area contributed by atoms with Crippen LogP contribution in [0.3, 0.4) is 0 Å². The van der Waals surface area contributed by atoms with E-state index in [0.29, 0.717) is 40.9 Å². The van der Waals surface area contributed by atoms with E-state index in [4.69, 9.17) is 14.2 Å². The van der Waals surface area contributed by atoms with Crippen LogP contribution in [0.2, 0.25) is 0 Å². The van der Waals surface area contributed by atoms with Gasteiger partial charge in [0.05, 0.1) is 12.2 Å². The summed E-state index contributed by atoms with van der Waals surface area (Å²) in [4.78, 5) is 0. The van der Waals surface area contributed by atoms with E-state index in [-0.39, 0.29) is 6.10 Å². The second kappa shape index (κ2) is 10.2. The van der Waals surface area contributed by atoms with E-state index < -0.39 is 6.48 Å². The van der Waals surface area contributed by atoms with Gasteiger partial charge in [-0.25, -0.2) is 0 Å². The van der Waals surface area contributed by atoms with E-state index in [1.54, 1.807) is 14.2 Å². The molecule has 4 fully saturated rings. The van der Waals surface area contributed by atoms with Gasteiger partial charge < -0.3 is 14.2 Å². The van der Waals surface area contributed by atoms with E-state index >= 15 is 0 Å². The molecular formula is C29H49NO3. The highest BCUT2D eigenvalue weighted by molar-refractivity contribution is 5.13. The Morgan fingerprint density at radius 1 is 0.939 bits per heavy atom. The van der Waals surface area contributed by atoms with E-state index in [9.17, 15) is 5.26 Å². The smallest absolute Gasteiger partial charge is 0.271 e. The first-order valence-corrected chi connectivity index (χ1v) is 13.9. The van der Waals surface area contributed by atoms with Gasteiger partial charge in [0.15, 0.2) is 0 Å². The Labute approximate surface area is 203 Å². The molecule has 4 aliphatic rings. The van der Waals surface area contributed by atoms with Crippen LogP contribution in [0.4, 0.5) is 0 Å². The lowest BCUT2D eigenvalue weighted by molar-refractivity contribution is -0.325. The lowest BCUT2D eigenvalue weighted by atomic mass is 9.41. The van der Waals surface area contributed by atoms with Crippen molar-refractivity contribution in [1.82, 2.24) is 0 Å². The van der Waals surface area contributed by atoms with Gasteiger partial charge in [-0.05, 0) is 97.2 Å². The Kier molecular flexibility index (Phi) is 7.84. The molecule has 0 amide bonds. The lowest BCUT2D eigenvalue weighted by Crippen LogP contribution is -2.62. The van der Waals surface area contributed by atoms with Crippen molar-refractivity contribution in [2.45, 2.75) is 111 Å². The summed E-state index contributed by atoms with van der Waals surface area (Å²) in [6.07, 6.45) is 14.0. The van der Waals surface area contributed by atoms with Gasteiger partial charge in [0, 0.05) is 20.6 Å². The molecule has 4 nitrogen and oxygen atoms in total. The van der Waals surface area contributed by atoms with Crippen LogP contribution in [0.5, 0.6) is 0 Å². The minimum absolute atomic E-state index is 0.221. The highest BCUT2D eigenvalue weighted by Crippen LogP contribution is 2.70. The summed E-state index contributed by atoms with van der Waals surface area (Å²) < 4.78 is 18.0. The van der Waals surface area contributed by atoms with Crippen LogP contribution in [0, 0.1) is 63.6 Å². The average molecular weight is 460 g/mol. The number of nitriles is 1. The molecule has 4 heteroatoms. The molecule has 0 radical (unpaired) electrons. The zero-order chi connectivity index (χ0) is 23.8. The van der Waals surface area contributed by atoms with Gasteiger partial charge in [-0.15, -0.1) is 0 Å². The summed E-state index contributed by atoms with van der Waals surface area (Å²) >= 11 is 0. The minimum Gasteiger partial charge on any atom is -0.333 e. The van der Waals surface area contributed by atoms with Gasteiger partial charge in [0.1, 0.15) is 0 Å². The number of fused-ring (bicyclic) bond motifs is 5. The van der Waals surface area contributed by atoms with Crippen LogP contribution in [0.1, 0.15) is 98.3 Å². The Morgan fingerprint density at radius 2 is 1.67 bits per heavy atom. The van der Waals surface area contributed by atoms with E-state index in [1.807, 2.05) is 0 Å². The van der Waals surface area contributed by atoms with Crippen molar-refractivity contribution in [2.24, 2.45) is 52.3 Å². The molecule has 33 heavy (non-hydrogen) atoms. The van der Waals surface area contributed by atoms with Crippen LogP contribution in [-0.4, -0.2) is 26.8 Å². The third kappa shape index (κ3) is 4.19. The molecule has 0 aromatic heterocycles. The largest absolute Gasteiger partial charge is 0.333 e. The maximum atomic E-state index is 9.18. The average Bonchev–Trinajstić information content (AvgIpc) is 3.17. The fraction of sp³-hybridized carbons (Fsp3) is 0.966. The second-order valence-electron chi connectivity index (χ2n) is 12.5. The molecule has 4 rings (SSSR count). The summed E-state index contributed by atoms with van der Waals surface area (Å²) in [5, 5.41) is 9.18. The number of nitrogens with zero attached hydrogens (tertiary/aromatic N) is 1. The van der Waals surface area contributed by atoms with Gasteiger partial charge in [0.25, 0.3) is 6.48 Å². The van der Waals surface area contributed by atoms with Crippen LogP contribution in [0.25, 0.3) is 0 Å². The van der Waals surface area contributed by atoms with Gasteiger partial charge >= 0.3 is 0 Å². The molecule has 0 aromatic rings. The summed E-state index contributed by atoms with van der Waals surface area (Å²) in [5.41, 5.74) is 0.814. The molecular weight excluding hydrogens is 410 g/mol. The maximum Gasteiger partial charge on any atom is 0.271 e. The van der Waals surface area contributed by atoms with E-state index in [2.05, 4.69) is 33.8 Å². The quantitative estimate of drug-likeness (QED) is 0.361. The maximum absolute atomic E-state index is 9.18. The number of ether oxygens (including phenoxy) is 3. The Bertz CT molecular complexity index is 701. The monoisotopic (exact) mass is 459 g/mol. The number of hydrogen-bond acceptors (Lipinski definition) is 4. The summed E-state index contributed by atoms with van der Waals surface area (Å²) in [6.45, 7) is 9.48. The molecule has 0 unspecified atom stereocenters. The Hall–Kier alpha value is -0.630. The van der Waals surface area contributed by atoms with Crippen molar-refractivity contribution < 1.29 is 14.2 Å². The molecule has 10 atom stereocenters. The molecule has 4 saturated carbocycles. The third-order valence-electron chi connectivity index (χ3n) is 11.4. The second-order valence-corrected chi connectivity index (χ2v) is 12.5. The van der Waals surface area contributed by atoms with Crippen LogP contribution in [0.15, 0.2) is 0 Å². The van der Waals surface area contributed by atoms with Crippen molar-refractivity contribution >= 4 is 0 Å². The normalized spacial score (nSPS) is 45.7. The van der Waals surface area contributed by atoms with Crippen LogP contribution in [-0.2, 0) is 14.2 Å². The van der Waals surface area contributed by atoms with Crippen molar-refractivity contribution in [3.8, 4) is 6.07 Å².